The van der Waals surface area contributed by atoms with Crippen molar-refractivity contribution in [3.8, 4) is 0 Å². The first-order valence-electron chi connectivity index (χ1n) is 2.32. The van der Waals surface area contributed by atoms with Gasteiger partial charge in [0.15, 0.2) is 0 Å². The molecule has 1 rings (SSSR count). The van der Waals surface area contributed by atoms with Crippen molar-refractivity contribution in [1.82, 2.24) is 0 Å². The maximum absolute atomic E-state index is 2.18. The molecule has 0 atom stereocenters. The van der Waals surface area contributed by atoms with E-state index in [-0.39, 0.29) is 0 Å². The number of hydrogen-bond donors (Lipinski definition) is 0. The second-order valence-corrected chi connectivity index (χ2v) is 1.43. The van der Waals surface area contributed by atoms with Crippen LogP contribution in [0.3, 0.4) is 0 Å². The van der Waals surface area contributed by atoms with Crippen molar-refractivity contribution in [2.75, 3.05) is 0 Å². The molecule has 0 spiro atoms. The van der Waals surface area contributed by atoms with Gasteiger partial charge in [0.25, 0.3) is 0 Å². The summed E-state index contributed by atoms with van der Waals surface area (Å²) in [5.74, 6) is 0. The minimum atomic E-state index is 1.23. The summed E-state index contributed by atoms with van der Waals surface area (Å²) in [5, 5.41) is 0. The fraction of sp³-hybridized carbons (Fsp3) is 0.333. The Kier molecular flexibility index (Phi) is 1.21. The van der Waals surface area contributed by atoms with Crippen LogP contribution < -0.4 is 0 Å². The summed E-state index contributed by atoms with van der Waals surface area (Å²) in [4.78, 5) is 0. The minimum absolute atomic E-state index is 1.23. The van der Waals surface area contributed by atoms with E-state index >= 15 is 0 Å². The van der Waals surface area contributed by atoms with Crippen molar-refractivity contribution < 1.29 is 0 Å². The molecule has 0 bridgehead atoms. The van der Waals surface area contributed by atoms with Crippen LogP contribution in [-0.4, -0.2) is 0 Å². The van der Waals surface area contributed by atoms with Crippen molar-refractivity contribution in [3.05, 3.63) is 25.0 Å². The first-order chi connectivity index (χ1) is 3.00. The van der Waals surface area contributed by atoms with E-state index < -0.39 is 0 Å². The van der Waals surface area contributed by atoms with E-state index in [1.54, 1.807) is 0 Å². The molecule has 0 N–H and O–H groups in total. The molecule has 0 fully saturated rings. The monoisotopic (exact) mass is 80.1 g/mol. The molecule has 0 heterocycles. The van der Waals surface area contributed by atoms with Crippen LogP contribution in [0.4, 0.5) is 0 Å². The average Bonchev–Trinajstić information content (AvgIpc) is 1.72. The fourth-order valence-corrected chi connectivity index (χ4v) is 0.542. The molecule has 1 aliphatic carbocycles. The van der Waals surface area contributed by atoms with Crippen LogP contribution in [-0.2, 0) is 0 Å². The van der Waals surface area contributed by atoms with Gasteiger partial charge in [-0.05, 0) is 6.42 Å². The standard InChI is InChI=1S/C6H8/c1-2-4-6-5-3-1/h1-4H,5-6H2/q+1. The van der Waals surface area contributed by atoms with Crippen molar-refractivity contribution in [2.24, 2.45) is 0 Å². The van der Waals surface area contributed by atoms with Gasteiger partial charge < -0.3 is 0 Å². The zero-order valence-electron chi connectivity index (χ0n) is 3.72. The Hall–Kier alpha value is -0.390. The Morgan fingerprint density at radius 2 is 2.50 bits per heavy atom. The Labute approximate surface area is 38.9 Å². The predicted octanol–water partition coefficient (Wildman–Crippen LogP) is 1.74. The molecule has 0 unspecified atom stereocenters. The van der Waals surface area contributed by atoms with Gasteiger partial charge in [-0.1, -0.05) is 0 Å². The molecule has 1 radical (unpaired) electrons. The zero-order chi connectivity index (χ0) is 4.24. The highest BCUT2D eigenvalue weighted by Crippen LogP contribution is 2.05. The van der Waals surface area contributed by atoms with Crippen LogP contribution in [0.2, 0.25) is 0 Å². The van der Waals surface area contributed by atoms with Crippen molar-refractivity contribution >= 4 is 0 Å². The first-order valence-corrected chi connectivity index (χ1v) is 2.32. The third-order valence-electron chi connectivity index (χ3n) is 0.883. The lowest BCUT2D eigenvalue weighted by atomic mass is 10.1. The molecule has 0 aromatic rings. The summed E-state index contributed by atoms with van der Waals surface area (Å²) in [6.07, 6.45) is 11.0. The molecule has 0 aromatic heterocycles. The van der Waals surface area contributed by atoms with Crippen LogP contribution in [0.15, 0.2) is 12.2 Å². The highest BCUT2D eigenvalue weighted by molar-refractivity contribution is 5.07. The molecule has 0 nitrogen and oxygen atoms in total. The molecule has 0 amide bonds. The minimum Gasteiger partial charge on any atom is -0.00540 e. The van der Waals surface area contributed by atoms with Crippen LogP contribution in [0.5, 0.6) is 0 Å². The Balaban J connectivity index is 2.26. The van der Waals surface area contributed by atoms with Crippen LogP contribution >= 0.6 is 0 Å². The Bertz CT molecular complexity index is 45.1. The van der Waals surface area contributed by atoms with Gasteiger partial charge in [0.05, 0.1) is 12.5 Å². The third kappa shape index (κ3) is 0.781. The largest absolute Gasteiger partial charge is 0.0897 e. The van der Waals surface area contributed by atoms with E-state index in [4.69, 9.17) is 0 Å². The molecule has 0 aliphatic heterocycles. The quantitative estimate of drug-likeness (QED) is 0.389. The second kappa shape index (κ2) is 1.91. The van der Waals surface area contributed by atoms with E-state index in [1.807, 2.05) is 0 Å². The molecular formula is C6H8+. The van der Waals surface area contributed by atoms with E-state index in [9.17, 15) is 0 Å². The Morgan fingerprint density at radius 3 is 2.67 bits per heavy atom. The first kappa shape index (κ1) is 3.79. The summed E-state index contributed by atoms with van der Waals surface area (Å²) >= 11 is 0. The smallest absolute Gasteiger partial charge is 0.00540 e. The lowest BCUT2D eigenvalue weighted by molar-refractivity contribution is 0.939. The zero-order valence-corrected chi connectivity index (χ0v) is 3.72. The molecule has 31 valence electrons. The number of rotatable bonds is 0. The predicted molar refractivity (Wildman–Crippen MR) is 27.0 cm³/mol. The highest BCUT2D eigenvalue weighted by Gasteiger charge is 1.96. The SMILES string of the molecule is [CH]1C=C[CH+]CC1. The summed E-state index contributed by atoms with van der Waals surface area (Å²) in [6, 6.07) is 0. The molecule has 6 heavy (non-hydrogen) atoms. The van der Waals surface area contributed by atoms with Gasteiger partial charge >= 0.3 is 0 Å². The van der Waals surface area contributed by atoms with E-state index in [0.29, 0.717) is 0 Å². The third-order valence-corrected chi connectivity index (χ3v) is 0.883. The van der Waals surface area contributed by atoms with Gasteiger partial charge in [0.2, 0.25) is 0 Å². The van der Waals surface area contributed by atoms with E-state index in [1.165, 1.54) is 12.8 Å². The maximum atomic E-state index is 2.18. The topological polar surface area (TPSA) is 0 Å². The molecule has 0 saturated heterocycles. The van der Waals surface area contributed by atoms with Crippen LogP contribution in [0.25, 0.3) is 0 Å². The van der Waals surface area contributed by atoms with Gasteiger partial charge in [-0.3, -0.25) is 0 Å². The van der Waals surface area contributed by atoms with Crippen molar-refractivity contribution in [3.63, 3.8) is 0 Å². The van der Waals surface area contributed by atoms with Crippen molar-refractivity contribution in [2.45, 2.75) is 12.8 Å². The van der Waals surface area contributed by atoms with Gasteiger partial charge in [0.1, 0.15) is 0 Å². The van der Waals surface area contributed by atoms with E-state index in [0.717, 1.165) is 0 Å². The summed E-state index contributed by atoms with van der Waals surface area (Å²) < 4.78 is 0. The molecule has 0 heteroatoms. The lowest BCUT2D eigenvalue weighted by Gasteiger charge is -1.88. The number of allylic oxidation sites excluding steroid dienone is 2. The van der Waals surface area contributed by atoms with Gasteiger partial charge in [-0.15, -0.1) is 0 Å². The van der Waals surface area contributed by atoms with Crippen LogP contribution in [0, 0.1) is 12.8 Å². The maximum Gasteiger partial charge on any atom is 0.0897 e. The second-order valence-electron chi connectivity index (χ2n) is 1.43. The highest BCUT2D eigenvalue weighted by atomic mass is 13.9. The summed E-state index contributed by atoms with van der Waals surface area (Å²) in [5.41, 5.74) is 0. The van der Waals surface area contributed by atoms with Gasteiger partial charge in [-0.25, -0.2) is 0 Å². The van der Waals surface area contributed by atoms with Crippen molar-refractivity contribution in [1.29, 1.82) is 0 Å². The molecular weight excluding hydrogens is 72.1 g/mol. The normalized spacial score (nSPS) is 20.0. The van der Waals surface area contributed by atoms with Gasteiger partial charge in [-0.2, -0.15) is 0 Å². The summed E-state index contributed by atoms with van der Waals surface area (Å²) in [7, 11) is 0. The van der Waals surface area contributed by atoms with Crippen LogP contribution in [0.1, 0.15) is 12.8 Å². The average molecular weight is 80.1 g/mol. The molecule has 0 aromatic carbocycles. The number of hydrogen-bond acceptors (Lipinski definition) is 0. The fourth-order valence-electron chi connectivity index (χ4n) is 0.542. The molecule has 1 aliphatic rings. The summed E-state index contributed by atoms with van der Waals surface area (Å²) in [6.45, 7) is 0. The van der Waals surface area contributed by atoms with E-state index in [2.05, 4.69) is 25.0 Å². The Morgan fingerprint density at radius 1 is 1.50 bits per heavy atom. The van der Waals surface area contributed by atoms with Gasteiger partial charge in [0, 0.05) is 18.9 Å². The lowest BCUT2D eigenvalue weighted by Crippen LogP contribution is -1.79. The molecule has 0 saturated carbocycles.